The van der Waals surface area contributed by atoms with Crippen LogP contribution in [-0.2, 0) is 20.1 Å². The van der Waals surface area contributed by atoms with E-state index in [9.17, 15) is 0 Å². The third-order valence-corrected chi connectivity index (χ3v) is 6.24. The van der Waals surface area contributed by atoms with Crippen LogP contribution in [0.4, 0.5) is 5.82 Å². The van der Waals surface area contributed by atoms with E-state index in [0.717, 1.165) is 58.3 Å². The number of nitrogens with zero attached hydrogens (tertiary/aromatic N) is 8. The number of imidazole rings is 1. The summed E-state index contributed by atoms with van der Waals surface area (Å²) in [6, 6.07) is 16.2. The number of hydrogen-bond acceptors (Lipinski definition) is 7. The first-order valence-electron chi connectivity index (χ1n) is 12.4. The summed E-state index contributed by atoms with van der Waals surface area (Å²) in [6.45, 7) is 2.08. The predicted octanol–water partition coefficient (Wildman–Crippen LogP) is 4.47. The Hall–Kier alpha value is -4.99. The molecule has 0 aliphatic rings. The molecule has 6 rings (SSSR count). The normalized spacial score (nSPS) is 11.2. The van der Waals surface area contributed by atoms with Crippen LogP contribution in [0.15, 0.2) is 92.0 Å². The average Bonchev–Trinajstić information content (AvgIpc) is 3.72. The van der Waals surface area contributed by atoms with Crippen molar-refractivity contribution in [3.05, 3.63) is 97.6 Å². The molecule has 1 N–H and O–H groups in total. The molecule has 10 nitrogen and oxygen atoms in total. The number of fused-ring (bicyclic) bond motifs is 1. The topological polar surface area (TPSA) is 100.0 Å². The number of aromatic nitrogens is 8. The van der Waals surface area contributed by atoms with E-state index in [-0.39, 0.29) is 0 Å². The van der Waals surface area contributed by atoms with E-state index in [1.165, 1.54) is 0 Å². The molecular formula is C28H27N9O. The first kappa shape index (κ1) is 23.4. The molecule has 0 spiro atoms. The molecule has 0 fully saturated rings. The highest BCUT2D eigenvalue weighted by atomic mass is 16.5. The van der Waals surface area contributed by atoms with Gasteiger partial charge in [-0.15, -0.1) is 0 Å². The number of benzene rings is 1. The van der Waals surface area contributed by atoms with Crippen LogP contribution >= 0.6 is 0 Å². The maximum Gasteiger partial charge on any atom is 0.140 e. The molecule has 0 radical (unpaired) electrons. The average molecular weight is 506 g/mol. The second-order valence-electron chi connectivity index (χ2n) is 8.95. The summed E-state index contributed by atoms with van der Waals surface area (Å²) in [7, 11) is 1.92. The molecule has 0 aliphatic carbocycles. The van der Waals surface area contributed by atoms with E-state index in [1.807, 2.05) is 71.4 Å². The van der Waals surface area contributed by atoms with Crippen molar-refractivity contribution in [1.29, 1.82) is 0 Å². The highest BCUT2D eigenvalue weighted by Crippen LogP contribution is 2.24. The van der Waals surface area contributed by atoms with Crippen LogP contribution in [0, 0.1) is 0 Å². The largest absolute Gasteiger partial charge is 0.493 e. The van der Waals surface area contributed by atoms with Gasteiger partial charge in [-0.25, -0.2) is 15.0 Å². The molecular weight excluding hydrogens is 478 g/mol. The number of ether oxygens (including phenoxy) is 1. The molecule has 6 aromatic rings. The maximum absolute atomic E-state index is 5.92. The van der Waals surface area contributed by atoms with Crippen LogP contribution in [0.2, 0.25) is 0 Å². The zero-order valence-corrected chi connectivity index (χ0v) is 21.0. The van der Waals surface area contributed by atoms with Crippen molar-refractivity contribution in [3.8, 4) is 28.3 Å². The van der Waals surface area contributed by atoms with Gasteiger partial charge in [-0.2, -0.15) is 10.2 Å². The second kappa shape index (κ2) is 10.6. The van der Waals surface area contributed by atoms with E-state index >= 15 is 0 Å². The van der Waals surface area contributed by atoms with Gasteiger partial charge in [0.2, 0.25) is 0 Å². The first-order valence-corrected chi connectivity index (χ1v) is 12.4. The lowest BCUT2D eigenvalue weighted by Gasteiger charge is -2.09. The standard InChI is InChI=1S/C28H27N9O/c1-35-19-23(17-34-35)22-6-4-21(5-7-22)16-29-27-15-25(31-20-32-27)26-18-30-28-14-24(8-12-37(26)28)38-13-3-11-36-10-2-9-33-36/h2,4-10,12,14-15,17-20H,3,11,13,16H2,1H3,(H,29,31,32). The van der Waals surface area contributed by atoms with Gasteiger partial charge in [-0.05, 0) is 23.3 Å². The lowest BCUT2D eigenvalue weighted by Crippen LogP contribution is -2.05. The Morgan fingerprint density at radius 3 is 2.66 bits per heavy atom. The zero-order chi connectivity index (χ0) is 25.7. The van der Waals surface area contributed by atoms with Crippen LogP contribution in [-0.4, -0.2) is 45.5 Å². The third-order valence-electron chi connectivity index (χ3n) is 6.24. The molecule has 0 saturated carbocycles. The molecule has 0 saturated heterocycles. The summed E-state index contributed by atoms with van der Waals surface area (Å²) in [5.74, 6) is 1.54. The lowest BCUT2D eigenvalue weighted by atomic mass is 10.1. The molecule has 190 valence electrons. The minimum Gasteiger partial charge on any atom is -0.493 e. The van der Waals surface area contributed by atoms with Crippen LogP contribution in [0.1, 0.15) is 12.0 Å². The molecule has 0 unspecified atom stereocenters. The quantitative estimate of drug-likeness (QED) is 0.274. The fraction of sp³-hybridized carbons (Fsp3) is 0.179. The van der Waals surface area contributed by atoms with Gasteiger partial charge in [0.1, 0.15) is 23.5 Å². The first-order chi connectivity index (χ1) is 18.7. The summed E-state index contributed by atoms with van der Waals surface area (Å²) in [6.07, 6.45) is 13.8. The maximum atomic E-state index is 5.92. The van der Waals surface area contributed by atoms with E-state index in [1.54, 1.807) is 17.2 Å². The van der Waals surface area contributed by atoms with E-state index in [0.29, 0.717) is 13.2 Å². The number of pyridine rings is 1. The van der Waals surface area contributed by atoms with Gasteiger partial charge in [-0.1, -0.05) is 24.3 Å². The summed E-state index contributed by atoms with van der Waals surface area (Å²) in [5, 5.41) is 11.9. The van der Waals surface area contributed by atoms with Crippen molar-refractivity contribution in [3.63, 3.8) is 0 Å². The van der Waals surface area contributed by atoms with Crippen LogP contribution in [0.5, 0.6) is 5.75 Å². The van der Waals surface area contributed by atoms with Crippen molar-refractivity contribution in [2.45, 2.75) is 19.5 Å². The molecule has 1 aromatic carbocycles. The smallest absolute Gasteiger partial charge is 0.140 e. The zero-order valence-electron chi connectivity index (χ0n) is 21.0. The third kappa shape index (κ3) is 5.24. The van der Waals surface area contributed by atoms with Gasteiger partial charge in [0.15, 0.2) is 0 Å². The number of rotatable bonds is 10. The molecule has 5 aromatic heterocycles. The van der Waals surface area contributed by atoms with Crippen LogP contribution in [0.25, 0.3) is 28.2 Å². The van der Waals surface area contributed by atoms with Gasteiger partial charge in [0, 0.05) is 69.0 Å². The van der Waals surface area contributed by atoms with Crippen molar-refractivity contribution < 1.29 is 4.74 Å². The summed E-state index contributed by atoms with van der Waals surface area (Å²) >= 11 is 0. The number of hydrogen-bond donors (Lipinski definition) is 1. The van der Waals surface area contributed by atoms with E-state index < -0.39 is 0 Å². The van der Waals surface area contributed by atoms with Gasteiger partial charge < -0.3 is 10.1 Å². The fourth-order valence-corrected chi connectivity index (χ4v) is 4.26. The van der Waals surface area contributed by atoms with E-state index in [4.69, 9.17) is 4.74 Å². The Kier molecular flexibility index (Phi) is 6.50. The van der Waals surface area contributed by atoms with Gasteiger partial charge in [0.05, 0.1) is 30.4 Å². The molecule has 0 atom stereocenters. The van der Waals surface area contributed by atoms with Gasteiger partial charge >= 0.3 is 0 Å². The highest BCUT2D eigenvalue weighted by molar-refractivity contribution is 5.64. The molecule has 10 heteroatoms. The molecule has 0 amide bonds. The van der Waals surface area contributed by atoms with Crippen molar-refractivity contribution >= 4 is 11.5 Å². The summed E-state index contributed by atoms with van der Waals surface area (Å²) in [4.78, 5) is 13.4. The highest BCUT2D eigenvalue weighted by Gasteiger charge is 2.10. The SMILES string of the molecule is Cn1cc(-c2ccc(CNc3cc(-c4cnc5cc(OCCCn6cccn6)ccn45)ncn3)cc2)cn1. The predicted molar refractivity (Wildman–Crippen MR) is 145 cm³/mol. The minimum atomic E-state index is 0.608. The Labute approximate surface area is 219 Å². The van der Waals surface area contributed by atoms with E-state index in [2.05, 4.69) is 54.7 Å². The number of nitrogens with one attached hydrogen (secondary N) is 1. The lowest BCUT2D eigenvalue weighted by molar-refractivity contribution is 0.298. The Bertz CT molecular complexity index is 1640. The van der Waals surface area contributed by atoms with Gasteiger partial charge in [-0.3, -0.25) is 13.8 Å². The molecule has 38 heavy (non-hydrogen) atoms. The Morgan fingerprint density at radius 2 is 1.84 bits per heavy atom. The second-order valence-corrected chi connectivity index (χ2v) is 8.95. The van der Waals surface area contributed by atoms with Crippen molar-refractivity contribution in [2.75, 3.05) is 11.9 Å². The minimum absolute atomic E-state index is 0.608. The monoisotopic (exact) mass is 505 g/mol. The summed E-state index contributed by atoms with van der Waals surface area (Å²) < 4.78 is 11.6. The Morgan fingerprint density at radius 1 is 0.921 bits per heavy atom. The Balaban J connectivity index is 1.09. The molecule has 5 heterocycles. The van der Waals surface area contributed by atoms with Crippen LogP contribution < -0.4 is 10.1 Å². The van der Waals surface area contributed by atoms with Gasteiger partial charge in [0.25, 0.3) is 0 Å². The van der Waals surface area contributed by atoms with Crippen molar-refractivity contribution in [2.24, 2.45) is 7.05 Å². The fourth-order valence-electron chi connectivity index (χ4n) is 4.26. The number of aryl methyl sites for hydroxylation is 2. The number of anilines is 1. The molecule has 0 bridgehead atoms. The summed E-state index contributed by atoms with van der Waals surface area (Å²) in [5.41, 5.74) is 5.87. The van der Waals surface area contributed by atoms with Crippen molar-refractivity contribution in [1.82, 2.24) is 38.9 Å². The molecule has 0 aliphatic heterocycles. The van der Waals surface area contributed by atoms with Crippen LogP contribution in [0.3, 0.4) is 0 Å².